The minimum Gasteiger partial charge on any atom is -0.395 e. The Bertz CT molecular complexity index is 343. The highest BCUT2D eigenvalue weighted by atomic mass is 16.5. The molecule has 1 unspecified atom stereocenters. The van der Waals surface area contributed by atoms with Gasteiger partial charge in [-0.05, 0) is 25.1 Å². The lowest BCUT2D eigenvalue weighted by atomic mass is 10.1. The molecule has 0 fully saturated rings. The summed E-state index contributed by atoms with van der Waals surface area (Å²) in [4.78, 5) is 6.49. The van der Waals surface area contributed by atoms with Crippen LogP contribution >= 0.6 is 0 Å². The Labute approximate surface area is 115 Å². The molecule has 5 nitrogen and oxygen atoms in total. The van der Waals surface area contributed by atoms with Crippen molar-refractivity contribution in [3.8, 4) is 0 Å². The molecule has 1 heterocycles. The molecule has 0 radical (unpaired) electrons. The fraction of sp³-hybridized carbons (Fsp3) is 0.643. The van der Waals surface area contributed by atoms with Gasteiger partial charge in [0.15, 0.2) is 0 Å². The number of aliphatic hydroxyl groups is 1. The zero-order chi connectivity index (χ0) is 14.1. The second-order valence-electron chi connectivity index (χ2n) is 4.43. The quantitative estimate of drug-likeness (QED) is 0.704. The summed E-state index contributed by atoms with van der Waals surface area (Å²) in [5.41, 5.74) is 1.17. The van der Waals surface area contributed by atoms with Gasteiger partial charge in [-0.15, -0.1) is 0 Å². The van der Waals surface area contributed by atoms with Crippen LogP contribution in [-0.2, 0) is 4.74 Å². The zero-order valence-corrected chi connectivity index (χ0v) is 12.1. The Balaban J connectivity index is 2.70. The Hall–Kier alpha value is -1.17. The van der Waals surface area contributed by atoms with Crippen LogP contribution in [0.2, 0.25) is 0 Å². The summed E-state index contributed by atoms with van der Waals surface area (Å²) in [6.07, 6.45) is 1.89. The topological polar surface area (TPSA) is 57.6 Å². The van der Waals surface area contributed by atoms with E-state index in [1.165, 1.54) is 5.56 Å². The van der Waals surface area contributed by atoms with Gasteiger partial charge in [0.2, 0.25) is 0 Å². The summed E-state index contributed by atoms with van der Waals surface area (Å²) in [7, 11) is 1.67. The van der Waals surface area contributed by atoms with Crippen molar-refractivity contribution in [1.29, 1.82) is 0 Å². The number of methoxy groups -OCH3 is 1. The van der Waals surface area contributed by atoms with Gasteiger partial charge < -0.3 is 20.1 Å². The minimum absolute atomic E-state index is 0.112. The second kappa shape index (κ2) is 8.85. The highest BCUT2D eigenvalue weighted by molar-refractivity contribution is 5.39. The molecule has 0 saturated carbocycles. The van der Waals surface area contributed by atoms with Crippen LogP contribution in [0.1, 0.15) is 25.5 Å². The van der Waals surface area contributed by atoms with Gasteiger partial charge in [0, 0.05) is 32.4 Å². The van der Waals surface area contributed by atoms with Gasteiger partial charge in [0.25, 0.3) is 0 Å². The first kappa shape index (κ1) is 15.9. The summed E-state index contributed by atoms with van der Waals surface area (Å²) in [5.74, 6) is 0.874. The van der Waals surface area contributed by atoms with Gasteiger partial charge in [0.1, 0.15) is 5.82 Å². The normalized spacial score (nSPS) is 12.4. The molecule has 1 aromatic rings. The number of aromatic nitrogens is 1. The van der Waals surface area contributed by atoms with E-state index in [9.17, 15) is 0 Å². The first-order chi connectivity index (χ1) is 9.22. The van der Waals surface area contributed by atoms with Crippen LogP contribution in [-0.4, -0.2) is 50.0 Å². The van der Waals surface area contributed by atoms with Crippen molar-refractivity contribution < 1.29 is 9.84 Å². The molecule has 1 rings (SSSR count). The van der Waals surface area contributed by atoms with E-state index < -0.39 is 0 Å². The summed E-state index contributed by atoms with van der Waals surface area (Å²) < 4.78 is 5.07. The molecule has 0 spiro atoms. The van der Waals surface area contributed by atoms with Gasteiger partial charge in [-0.2, -0.15) is 0 Å². The standard InChI is InChI=1S/C14H25N3O2/c1-4-15-12(2)13-5-6-14(16-11-13)17(7-9-18)8-10-19-3/h5-6,11-12,15,18H,4,7-10H2,1-3H3. The maximum atomic E-state index is 9.09. The molecule has 0 aliphatic heterocycles. The third-order valence-electron chi connectivity index (χ3n) is 3.04. The second-order valence-corrected chi connectivity index (χ2v) is 4.43. The largest absolute Gasteiger partial charge is 0.395 e. The fourth-order valence-corrected chi connectivity index (χ4v) is 1.93. The van der Waals surface area contributed by atoms with Crippen LogP contribution in [0, 0.1) is 0 Å². The first-order valence-electron chi connectivity index (χ1n) is 6.77. The molecule has 0 aliphatic carbocycles. The molecule has 0 aliphatic rings. The molecule has 2 N–H and O–H groups in total. The van der Waals surface area contributed by atoms with Crippen molar-refractivity contribution in [2.24, 2.45) is 0 Å². The maximum Gasteiger partial charge on any atom is 0.128 e. The Morgan fingerprint density at radius 1 is 1.42 bits per heavy atom. The number of anilines is 1. The van der Waals surface area contributed by atoms with Crippen LogP contribution in [0.25, 0.3) is 0 Å². The number of rotatable bonds is 9. The van der Waals surface area contributed by atoms with Gasteiger partial charge in [-0.25, -0.2) is 4.98 Å². The third kappa shape index (κ3) is 5.14. The minimum atomic E-state index is 0.112. The lowest BCUT2D eigenvalue weighted by Gasteiger charge is -2.23. The number of aliphatic hydroxyl groups excluding tert-OH is 1. The number of pyridine rings is 1. The van der Waals surface area contributed by atoms with E-state index in [1.807, 2.05) is 17.2 Å². The number of ether oxygens (including phenoxy) is 1. The van der Waals surface area contributed by atoms with E-state index in [0.717, 1.165) is 18.9 Å². The van der Waals surface area contributed by atoms with Crippen molar-refractivity contribution in [2.75, 3.05) is 44.9 Å². The van der Waals surface area contributed by atoms with Crippen molar-refractivity contribution in [3.63, 3.8) is 0 Å². The van der Waals surface area contributed by atoms with Gasteiger partial charge in [-0.3, -0.25) is 0 Å². The number of hydrogen-bond acceptors (Lipinski definition) is 5. The predicted octanol–water partition coefficient (Wildman–Crippen LogP) is 1.20. The number of hydrogen-bond donors (Lipinski definition) is 2. The monoisotopic (exact) mass is 267 g/mol. The highest BCUT2D eigenvalue weighted by Gasteiger charge is 2.09. The lowest BCUT2D eigenvalue weighted by Crippen LogP contribution is -2.31. The Kier molecular flexibility index (Phi) is 7.40. The molecule has 0 amide bonds. The van der Waals surface area contributed by atoms with Gasteiger partial charge in [0.05, 0.1) is 13.2 Å². The number of nitrogens with zero attached hydrogens (tertiary/aromatic N) is 2. The van der Waals surface area contributed by atoms with E-state index in [4.69, 9.17) is 9.84 Å². The summed E-state index contributed by atoms with van der Waals surface area (Å²) in [6, 6.07) is 4.37. The average Bonchev–Trinajstić information content (AvgIpc) is 2.44. The van der Waals surface area contributed by atoms with Crippen LogP contribution in [0.15, 0.2) is 18.3 Å². The molecule has 5 heteroatoms. The molecular formula is C14H25N3O2. The van der Waals surface area contributed by atoms with Crippen molar-refractivity contribution in [3.05, 3.63) is 23.9 Å². The smallest absolute Gasteiger partial charge is 0.128 e. The van der Waals surface area contributed by atoms with E-state index in [0.29, 0.717) is 19.2 Å². The average molecular weight is 267 g/mol. The molecule has 0 saturated heterocycles. The molecule has 1 aromatic heterocycles. The van der Waals surface area contributed by atoms with Crippen LogP contribution in [0.4, 0.5) is 5.82 Å². The highest BCUT2D eigenvalue weighted by Crippen LogP contribution is 2.15. The van der Waals surface area contributed by atoms with Crippen molar-refractivity contribution in [2.45, 2.75) is 19.9 Å². The summed E-state index contributed by atoms with van der Waals surface area (Å²) in [5, 5.41) is 12.4. The molecular weight excluding hydrogens is 242 g/mol. The maximum absolute atomic E-state index is 9.09. The fourth-order valence-electron chi connectivity index (χ4n) is 1.93. The van der Waals surface area contributed by atoms with E-state index >= 15 is 0 Å². The SMILES string of the molecule is CCNC(C)c1ccc(N(CCO)CCOC)nc1. The zero-order valence-electron chi connectivity index (χ0n) is 12.1. The van der Waals surface area contributed by atoms with Gasteiger partial charge >= 0.3 is 0 Å². The Morgan fingerprint density at radius 2 is 2.21 bits per heavy atom. The van der Waals surface area contributed by atoms with E-state index in [1.54, 1.807) is 7.11 Å². The first-order valence-corrected chi connectivity index (χ1v) is 6.77. The Morgan fingerprint density at radius 3 is 2.74 bits per heavy atom. The number of nitrogens with one attached hydrogen (secondary N) is 1. The molecule has 19 heavy (non-hydrogen) atoms. The molecule has 108 valence electrons. The van der Waals surface area contributed by atoms with Crippen molar-refractivity contribution in [1.82, 2.24) is 10.3 Å². The van der Waals surface area contributed by atoms with Crippen molar-refractivity contribution >= 4 is 5.82 Å². The van der Waals surface area contributed by atoms with Crippen LogP contribution < -0.4 is 10.2 Å². The van der Waals surface area contributed by atoms with Crippen LogP contribution in [0.3, 0.4) is 0 Å². The van der Waals surface area contributed by atoms with Crippen LogP contribution in [0.5, 0.6) is 0 Å². The third-order valence-corrected chi connectivity index (χ3v) is 3.04. The lowest BCUT2D eigenvalue weighted by molar-refractivity contribution is 0.202. The molecule has 1 atom stereocenters. The molecule has 0 aromatic carbocycles. The summed E-state index contributed by atoms with van der Waals surface area (Å²) in [6.45, 7) is 7.18. The molecule has 0 bridgehead atoms. The van der Waals surface area contributed by atoms with Gasteiger partial charge in [-0.1, -0.05) is 13.0 Å². The van der Waals surface area contributed by atoms with E-state index in [-0.39, 0.29) is 6.61 Å². The summed E-state index contributed by atoms with van der Waals surface area (Å²) >= 11 is 0. The van der Waals surface area contributed by atoms with E-state index in [2.05, 4.69) is 30.2 Å². The predicted molar refractivity (Wildman–Crippen MR) is 77.5 cm³/mol.